The van der Waals surface area contributed by atoms with Crippen LogP contribution >= 0.6 is 0 Å². The molecule has 0 aromatic rings. The number of hydrogen-bond acceptors (Lipinski definition) is 6. The van der Waals surface area contributed by atoms with Crippen molar-refractivity contribution in [2.75, 3.05) is 40.5 Å². The van der Waals surface area contributed by atoms with Crippen molar-refractivity contribution in [1.82, 2.24) is 15.6 Å². The van der Waals surface area contributed by atoms with Crippen LogP contribution < -0.4 is 15.6 Å². The summed E-state index contributed by atoms with van der Waals surface area (Å²) in [5, 5.41) is 15.7. The lowest BCUT2D eigenvalue weighted by molar-refractivity contribution is 0.195. The molecule has 0 spiro atoms. The fraction of sp³-hybridized carbons (Fsp3) is 0.600. The van der Waals surface area contributed by atoms with E-state index in [4.69, 9.17) is 9.47 Å². The van der Waals surface area contributed by atoms with Crippen molar-refractivity contribution in [2.45, 2.75) is 19.8 Å². The molecule has 0 aromatic carbocycles. The third kappa shape index (κ3) is 5.98. The largest absolute Gasteiger partial charge is 0.385 e. The summed E-state index contributed by atoms with van der Waals surface area (Å²) in [7, 11) is 3.36. The smallest absolute Gasteiger partial charge is 0.275 e. The predicted molar refractivity (Wildman–Crippen MR) is 82.5 cm³/mol. The average Bonchev–Trinajstić information content (AvgIpc) is 2.48. The molecular formula is C15H24N4O2+. The Morgan fingerprint density at radius 2 is 1.76 bits per heavy atom. The van der Waals surface area contributed by atoms with Gasteiger partial charge in [0.1, 0.15) is 11.6 Å². The zero-order chi connectivity index (χ0) is 15.5. The predicted octanol–water partition coefficient (Wildman–Crippen LogP) is 0.668. The van der Waals surface area contributed by atoms with Gasteiger partial charge in [0.25, 0.3) is 11.7 Å². The molecule has 0 aromatic heterocycles. The Kier molecular flexibility index (Phi) is 8.17. The highest BCUT2D eigenvalue weighted by atomic mass is 16.5. The van der Waals surface area contributed by atoms with E-state index in [-0.39, 0.29) is 0 Å². The fourth-order valence-electron chi connectivity index (χ4n) is 1.89. The van der Waals surface area contributed by atoms with E-state index >= 15 is 0 Å². The van der Waals surface area contributed by atoms with Gasteiger partial charge in [0.2, 0.25) is 0 Å². The first kappa shape index (κ1) is 17.2. The van der Waals surface area contributed by atoms with Crippen LogP contribution in [0.15, 0.2) is 23.0 Å². The molecule has 0 saturated heterocycles. The number of methoxy groups -OCH3 is 2. The number of aliphatic imine (C=N–C) groups is 1. The highest BCUT2D eigenvalue weighted by Gasteiger charge is 2.22. The minimum absolute atomic E-state index is 0.592. The number of hydrogen-bond donors (Lipinski definition) is 2. The number of nitrogens with zero attached hydrogens (tertiary/aromatic N) is 2. The molecule has 0 unspecified atom stereocenters. The number of ether oxygens (including phenoxy) is 2. The second-order valence-electron chi connectivity index (χ2n) is 4.71. The van der Waals surface area contributed by atoms with Crippen molar-refractivity contribution in [3.8, 4) is 6.07 Å². The fourth-order valence-corrected chi connectivity index (χ4v) is 1.89. The van der Waals surface area contributed by atoms with Crippen LogP contribution in [0.2, 0.25) is 0 Å². The van der Waals surface area contributed by atoms with Crippen LogP contribution in [0.3, 0.4) is 0 Å². The average molecular weight is 292 g/mol. The van der Waals surface area contributed by atoms with Crippen molar-refractivity contribution in [3.05, 3.63) is 23.0 Å². The van der Waals surface area contributed by atoms with Crippen LogP contribution in [-0.4, -0.2) is 46.4 Å². The quantitative estimate of drug-likeness (QED) is 0.611. The van der Waals surface area contributed by atoms with Crippen LogP contribution in [0.4, 0.5) is 0 Å². The molecule has 1 radical (unpaired) electrons. The van der Waals surface area contributed by atoms with Crippen molar-refractivity contribution in [2.24, 2.45) is 0 Å². The van der Waals surface area contributed by atoms with Gasteiger partial charge in [-0.25, -0.2) is 0 Å². The van der Waals surface area contributed by atoms with Crippen LogP contribution in [0.1, 0.15) is 19.8 Å². The van der Waals surface area contributed by atoms with Crippen molar-refractivity contribution in [1.29, 1.82) is 5.26 Å². The summed E-state index contributed by atoms with van der Waals surface area (Å²) in [6.45, 7) is 4.82. The molecule has 6 nitrogen and oxygen atoms in total. The molecule has 0 bridgehead atoms. The van der Waals surface area contributed by atoms with E-state index < -0.39 is 0 Å². The number of amidine groups is 1. The molecule has 115 valence electrons. The molecule has 0 fully saturated rings. The van der Waals surface area contributed by atoms with Crippen LogP contribution in [0, 0.1) is 11.3 Å². The highest BCUT2D eigenvalue weighted by molar-refractivity contribution is 6.03. The van der Waals surface area contributed by atoms with Gasteiger partial charge in [0.05, 0.1) is 13.1 Å². The van der Waals surface area contributed by atoms with Crippen LogP contribution in [-0.2, 0) is 9.47 Å². The van der Waals surface area contributed by atoms with Gasteiger partial charge in [0.15, 0.2) is 0 Å². The van der Waals surface area contributed by atoms with Crippen molar-refractivity contribution < 1.29 is 9.47 Å². The first-order valence-corrected chi connectivity index (χ1v) is 7.10. The Morgan fingerprint density at radius 1 is 1.14 bits per heavy atom. The van der Waals surface area contributed by atoms with Gasteiger partial charge in [0, 0.05) is 46.4 Å². The van der Waals surface area contributed by atoms with Gasteiger partial charge >= 0.3 is 0 Å². The van der Waals surface area contributed by atoms with Crippen molar-refractivity contribution in [3.63, 3.8) is 0 Å². The van der Waals surface area contributed by atoms with E-state index in [9.17, 15) is 5.26 Å². The Morgan fingerprint density at radius 3 is 2.33 bits per heavy atom. The lowest BCUT2D eigenvalue weighted by Gasteiger charge is -2.10. The SMILES string of the molecule is COCCCNC1=CC(C)=C(C#N)C(NCCCOC)=[N+]1. The molecule has 0 atom stereocenters. The van der Waals surface area contributed by atoms with E-state index in [0.29, 0.717) is 24.6 Å². The molecule has 1 aliphatic heterocycles. The number of nitriles is 1. The summed E-state index contributed by atoms with van der Waals surface area (Å²) in [6, 6.07) is 2.20. The standard InChI is InChI=1S/C15H24N4O2/c1-12-10-14(17-6-4-8-20-2)19-15(13(12)11-16)18-7-5-9-21-3/h10,17-18H,4-9H2,1-3H3/q+1. The molecule has 0 aliphatic carbocycles. The van der Waals surface area contributed by atoms with E-state index in [0.717, 1.165) is 37.3 Å². The molecule has 1 rings (SSSR count). The summed E-state index contributed by atoms with van der Waals surface area (Å²) in [5.41, 5.74) is 1.51. The summed E-state index contributed by atoms with van der Waals surface area (Å²) < 4.78 is 10.0. The van der Waals surface area contributed by atoms with Gasteiger partial charge in [-0.05, 0) is 12.5 Å². The first-order chi connectivity index (χ1) is 10.2. The van der Waals surface area contributed by atoms with Gasteiger partial charge in [-0.15, -0.1) is 0 Å². The van der Waals surface area contributed by atoms with E-state index in [1.807, 2.05) is 13.0 Å². The lowest BCUT2D eigenvalue weighted by Crippen LogP contribution is -2.35. The zero-order valence-electron chi connectivity index (χ0n) is 13.0. The molecule has 1 heterocycles. The van der Waals surface area contributed by atoms with E-state index in [1.54, 1.807) is 14.2 Å². The monoisotopic (exact) mass is 292 g/mol. The molecule has 0 saturated carbocycles. The number of rotatable bonds is 9. The first-order valence-electron chi connectivity index (χ1n) is 7.10. The third-order valence-electron chi connectivity index (χ3n) is 2.98. The normalized spacial score (nSPS) is 14.4. The maximum Gasteiger partial charge on any atom is 0.275 e. The molecular weight excluding hydrogens is 268 g/mol. The van der Waals surface area contributed by atoms with E-state index in [1.165, 1.54) is 0 Å². The lowest BCUT2D eigenvalue weighted by atomic mass is 10.1. The molecule has 1 aliphatic rings. The minimum atomic E-state index is 0.592. The van der Waals surface area contributed by atoms with Crippen LogP contribution in [0.5, 0.6) is 0 Å². The maximum absolute atomic E-state index is 9.25. The molecule has 6 heteroatoms. The molecule has 21 heavy (non-hydrogen) atoms. The Balaban J connectivity index is 2.62. The summed E-state index contributed by atoms with van der Waals surface area (Å²) in [5.74, 6) is 1.40. The van der Waals surface area contributed by atoms with Crippen LogP contribution in [0.25, 0.3) is 0 Å². The maximum atomic E-state index is 9.25. The third-order valence-corrected chi connectivity index (χ3v) is 2.98. The molecule has 0 amide bonds. The summed E-state index contributed by atoms with van der Waals surface area (Å²) >= 11 is 0. The highest BCUT2D eigenvalue weighted by Crippen LogP contribution is 2.11. The number of nitrogens with one attached hydrogen (secondary N) is 2. The molecule has 2 N–H and O–H groups in total. The van der Waals surface area contributed by atoms with Gasteiger partial charge in [-0.3, -0.25) is 0 Å². The van der Waals surface area contributed by atoms with E-state index in [2.05, 4.69) is 21.7 Å². The Hall–Kier alpha value is -1.84. The topological polar surface area (TPSA) is 80.4 Å². The van der Waals surface area contributed by atoms with Gasteiger partial charge < -0.3 is 20.1 Å². The summed E-state index contributed by atoms with van der Waals surface area (Å²) in [6.07, 6.45) is 3.67. The Bertz CT molecular complexity index is 461. The summed E-state index contributed by atoms with van der Waals surface area (Å²) in [4.78, 5) is 4.47. The minimum Gasteiger partial charge on any atom is -0.385 e. The Labute approximate surface area is 126 Å². The van der Waals surface area contributed by atoms with Gasteiger partial charge in [-0.2, -0.15) is 5.26 Å². The van der Waals surface area contributed by atoms with Gasteiger partial charge in [-0.1, -0.05) is 4.99 Å². The second-order valence-corrected chi connectivity index (χ2v) is 4.71. The second kappa shape index (κ2) is 9.97. The zero-order valence-corrected chi connectivity index (χ0v) is 13.0. The number of allylic oxidation sites excluding steroid dienone is 2. The van der Waals surface area contributed by atoms with Crippen molar-refractivity contribution >= 4 is 5.84 Å².